The van der Waals surface area contributed by atoms with E-state index < -0.39 is 5.97 Å². The summed E-state index contributed by atoms with van der Waals surface area (Å²) in [7, 11) is 0. The van der Waals surface area contributed by atoms with Gasteiger partial charge in [-0.1, -0.05) is 43.6 Å². The van der Waals surface area contributed by atoms with Crippen LogP contribution in [-0.2, 0) is 12.8 Å². The van der Waals surface area contributed by atoms with E-state index in [9.17, 15) is 9.90 Å². The second-order valence-corrected chi connectivity index (χ2v) is 5.46. The van der Waals surface area contributed by atoms with Crippen molar-refractivity contribution in [1.82, 2.24) is 9.97 Å². The summed E-state index contributed by atoms with van der Waals surface area (Å²) in [4.78, 5) is 19.4. The van der Waals surface area contributed by atoms with E-state index >= 15 is 0 Å². The number of carbonyl (C=O) groups is 1. The van der Waals surface area contributed by atoms with Gasteiger partial charge in [-0.05, 0) is 24.5 Å². The minimum atomic E-state index is -1.16. The number of rotatable bonds is 7. The topological polar surface area (TPSA) is 72.3 Å². The Labute approximate surface area is 152 Å². The quantitative estimate of drug-likeness (QED) is 0.790. The fraction of sp³-hybridized carbons (Fsp3) is 0.353. The van der Waals surface area contributed by atoms with E-state index in [0.717, 1.165) is 17.5 Å². The summed E-state index contributed by atoms with van der Waals surface area (Å²) >= 11 is 6.23. The first-order chi connectivity index (χ1) is 11.1. The molecule has 1 aromatic carbocycles. The molecule has 0 unspecified atom stereocenters. The third-order valence-electron chi connectivity index (χ3n) is 3.35. The maximum absolute atomic E-state index is 11.2. The second kappa shape index (κ2) is 9.45. The van der Waals surface area contributed by atoms with E-state index in [1.54, 1.807) is 0 Å². The maximum Gasteiger partial charge on any atom is 0.374 e. The first-order valence-electron chi connectivity index (χ1n) is 7.56. The van der Waals surface area contributed by atoms with Gasteiger partial charge in [0.05, 0.1) is 12.3 Å². The van der Waals surface area contributed by atoms with Gasteiger partial charge < -0.3 is 9.84 Å². The van der Waals surface area contributed by atoms with Crippen LogP contribution in [-0.4, -0.2) is 27.7 Å². The third kappa shape index (κ3) is 4.82. The molecule has 1 heterocycles. The fourth-order valence-electron chi connectivity index (χ4n) is 2.22. The summed E-state index contributed by atoms with van der Waals surface area (Å²) in [5.41, 5.74) is 2.39. The zero-order valence-electron chi connectivity index (χ0n) is 13.6. The largest absolute Gasteiger partial charge is 0.477 e. The number of nitrogens with zero attached hydrogens (tertiary/aromatic N) is 2. The molecule has 0 aliphatic rings. The number of aromatic nitrogens is 2. The van der Waals surface area contributed by atoms with Gasteiger partial charge in [-0.2, -0.15) is 4.98 Å². The number of aryl methyl sites for hydroxylation is 1. The van der Waals surface area contributed by atoms with Crippen molar-refractivity contribution < 1.29 is 14.6 Å². The summed E-state index contributed by atoms with van der Waals surface area (Å²) in [5, 5.41) is 9.83. The number of hydrogen-bond donors (Lipinski definition) is 1. The van der Waals surface area contributed by atoms with Crippen LogP contribution < -0.4 is 4.74 Å². The lowest BCUT2D eigenvalue weighted by Gasteiger charge is -2.14. The van der Waals surface area contributed by atoms with Crippen molar-refractivity contribution in [3.8, 4) is 5.88 Å². The first-order valence-corrected chi connectivity index (χ1v) is 7.93. The molecule has 24 heavy (non-hydrogen) atoms. The van der Waals surface area contributed by atoms with Crippen molar-refractivity contribution >= 4 is 30.0 Å². The van der Waals surface area contributed by atoms with Gasteiger partial charge in [-0.25, -0.2) is 9.78 Å². The molecule has 0 saturated heterocycles. The van der Waals surface area contributed by atoms with Gasteiger partial charge in [-0.15, -0.1) is 12.4 Å². The zero-order valence-corrected chi connectivity index (χ0v) is 15.2. The number of halogens is 2. The van der Waals surface area contributed by atoms with Gasteiger partial charge in [0, 0.05) is 17.0 Å². The summed E-state index contributed by atoms with van der Waals surface area (Å²) in [6.45, 7) is 4.37. The van der Waals surface area contributed by atoms with Crippen molar-refractivity contribution in [3.05, 3.63) is 51.9 Å². The number of carboxylic acid groups (broad SMARTS) is 1. The Morgan fingerprint density at radius 1 is 1.25 bits per heavy atom. The maximum atomic E-state index is 11.2. The lowest BCUT2D eigenvalue weighted by Crippen LogP contribution is -2.13. The van der Waals surface area contributed by atoms with Gasteiger partial charge in [0.2, 0.25) is 11.7 Å². The molecular formula is C17H20Cl2N2O3. The van der Waals surface area contributed by atoms with Crippen molar-refractivity contribution in [2.45, 2.75) is 33.1 Å². The van der Waals surface area contributed by atoms with Crippen molar-refractivity contribution in [2.75, 3.05) is 6.61 Å². The molecule has 0 atom stereocenters. The summed E-state index contributed by atoms with van der Waals surface area (Å²) in [5.74, 6) is -1.07. The Bertz CT molecular complexity index is 708. The highest BCUT2D eigenvalue weighted by Crippen LogP contribution is 2.26. The molecule has 0 bridgehead atoms. The molecule has 5 nitrogen and oxygen atoms in total. The Kier molecular flexibility index (Phi) is 7.95. The Morgan fingerprint density at radius 2 is 1.96 bits per heavy atom. The van der Waals surface area contributed by atoms with Crippen LogP contribution in [0.1, 0.15) is 47.7 Å². The monoisotopic (exact) mass is 370 g/mol. The molecule has 130 valence electrons. The van der Waals surface area contributed by atoms with Gasteiger partial charge in [0.15, 0.2) is 0 Å². The number of aromatic carboxylic acids is 1. The first kappa shape index (κ1) is 20.2. The summed E-state index contributed by atoms with van der Waals surface area (Å²) in [6.07, 6.45) is 1.90. The number of ether oxygens (including phenoxy) is 1. The van der Waals surface area contributed by atoms with Gasteiger partial charge in [0.25, 0.3) is 0 Å². The second-order valence-electron chi connectivity index (χ2n) is 5.05. The third-order valence-corrected chi connectivity index (χ3v) is 3.72. The average molecular weight is 371 g/mol. The fourth-order valence-corrected chi connectivity index (χ4v) is 2.43. The van der Waals surface area contributed by atoms with E-state index in [4.69, 9.17) is 16.3 Å². The highest BCUT2D eigenvalue weighted by atomic mass is 35.5. The minimum absolute atomic E-state index is 0. The summed E-state index contributed by atoms with van der Waals surface area (Å²) < 4.78 is 5.67. The Hall–Kier alpha value is -1.85. The van der Waals surface area contributed by atoms with Gasteiger partial charge in [-0.3, -0.25) is 0 Å². The molecule has 0 spiro atoms. The smallest absolute Gasteiger partial charge is 0.374 e. The van der Waals surface area contributed by atoms with E-state index in [1.165, 1.54) is 0 Å². The van der Waals surface area contributed by atoms with Crippen molar-refractivity contribution in [1.29, 1.82) is 0 Å². The van der Waals surface area contributed by atoms with E-state index in [1.807, 2.05) is 38.1 Å². The summed E-state index contributed by atoms with van der Waals surface area (Å²) in [6, 6.07) is 7.52. The Morgan fingerprint density at radius 3 is 2.54 bits per heavy atom. The lowest BCUT2D eigenvalue weighted by molar-refractivity contribution is 0.0681. The molecule has 0 aliphatic heterocycles. The van der Waals surface area contributed by atoms with Crippen LogP contribution in [0, 0.1) is 0 Å². The van der Waals surface area contributed by atoms with E-state index in [0.29, 0.717) is 36.0 Å². The van der Waals surface area contributed by atoms with E-state index in [2.05, 4.69) is 9.97 Å². The van der Waals surface area contributed by atoms with E-state index in [-0.39, 0.29) is 18.2 Å². The molecule has 0 amide bonds. The lowest BCUT2D eigenvalue weighted by atomic mass is 10.0. The minimum Gasteiger partial charge on any atom is -0.477 e. The number of benzene rings is 1. The predicted molar refractivity (Wildman–Crippen MR) is 95.7 cm³/mol. The Balaban J connectivity index is 0.00000288. The SMILES string of the molecule is CCCOc1nc(C(=O)O)nc(CC)c1Cc1ccccc1Cl.Cl. The van der Waals surface area contributed by atoms with Crippen molar-refractivity contribution in [3.63, 3.8) is 0 Å². The highest BCUT2D eigenvalue weighted by molar-refractivity contribution is 6.31. The van der Waals surface area contributed by atoms with Gasteiger partial charge >= 0.3 is 5.97 Å². The zero-order chi connectivity index (χ0) is 16.8. The van der Waals surface area contributed by atoms with Crippen LogP contribution in [0.2, 0.25) is 5.02 Å². The van der Waals surface area contributed by atoms with Crippen LogP contribution in [0.25, 0.3) is 0 Å². The molecule has 2 rings (SSSR count). The van der Waals surface area contributed by atoms with Crippen LogP contribution in [0.4, 0.5) is 0 Å². The molecule has 0 saturated carbocycles. The predicted octanol–water partition coefficient (Wildman–Crippen LogP) is 4.19. The van der Waals surface area contributed by atoms with Crippen LogP contribution >= 0.6 is 24.0 Å². The molecule has 0 fully saturated rings. The standard InChI is InChI=1S/C17H19ClN2O3.ClH/c1-3-9-23-16-12(10-11-7-5-6-8-13(11)18)14(4-2)19-15(20-16)17(21)22;/h5-8H,3-4,9-10H2,1-2H3,(H,21,22);1H. The van der Waals surface area contributed by atoms with Crippen LogP contribution in [0.5, 0.6) is 5.88 Å². The highest BCUT2D eigenvalue weighted by Gasteiger charge is 2.19. The van der Waals surface area contributed by atoms with Crippen LogP contribution in [0.15, 0.2) is 24.3 Å². The van der Waals surface area contributed by atoms with Crippen molar-refractivity contribution in [2.24, 2.45) is 0 Å². The number of hydrogen-bond acceptors (Lipinski definition) is 4. The molecule has 1 aromatic heterocycles. The number of carboxylic acids is 1. The average Bonchev–Trinajstić information content (AvgIpc) is 2.55. The molecule has 2 aromatic rings. The van der Waals surface area contributed by atoms with Crippen LogP contribution in [0.3, 0.4) is 0 Å². The molecule has 1 N–H and O–H groups in total. The molecule has 7 heteroatoms. The normalized spacial score (nSPS) is 10.1. The van der Waals surface area contributed by atoms with Gasteiger partial charge in [0.1, 0.15) is 0 Å². The molecular weight excluding hydrogens is 351 g/mol. The molecule has 0 radical (unpaired) electrons. The molecule has 0 aliphatic carbocycles.